The summed E-state index contributed by atoms with van der Waals surface area (Å²) >= 11 is 3.42. The zero-order valence-corrected chi connectivity index (χ0v) is 15.0. The average Bonchev–Trinajstić information content (AvgIpc) is 3.10. The molecule has 3 aromatic heterocycles. The number of nitrogens with one attached hydrogen (secondary N) is 1. The van der Waals surface area contributed by atoms with Gasteiger partial charge in [-0.2, -0.15) is 5.10 Å². The third-order valence-corrected chi connectivity index (χ3v) is 4.70. The van der Waals surface area contributed by atoms with Crippen LogP contribution in [0.25, 0.3) is 27.7 Å². The molecule has 7 nitrogen and oxygen atoms in total. The number of halogens is 1. The van der Waals surface area contributed by atoms with Crippen molar-refractivity contribution in [1.29, 1.82) is 0 Å². The van der Waals surface area contributed by atoms with Crippen molar-refractivity contribution in [3.8, 4) is 17.1 Å². The molecule has 0 bridgehead atoms. The Morgan fingerprint density at radius 2 is 2.20 bits per heavy atom. The van der Waals surface area contributed by atoms with Crippen molar-refractivity contribution in [3.05, 3.63) is 46.3 Å². The highest BCUT2D eigenvalue weighted by atomic mass is 79.9. The third-order valence-electron chi connectivity index (χ3n) is 4.21. The lowest BCUT2D eigenvalue weighted by atomic mass is 10.1. The summed E-state index contributed by atoms with van der Waals surface area (Å²) in [7, 11) is 1.33. The van der Waals surface area contributed by atoms with Crippen molar-refractivity contribution < 1.29 is 14.6 Å². The number of carbonyl (C=O) groups is 1. The summed E-state index contributed by atoms with van der Waals surface area (Å²) in [6.07, 6.45) is 2.99. The van der Waals surface area contributed by atoms with E-state index in [1.807, 2.05) is 18.2 Å². The van der Waals surface area contributed by atoms with Crippen molar-refractivity contribution in [1.82, 2.24) is 19.6 Å². The molecular weight excluding hydrogens is 388 g/mol. The van der Waals surface area contributed by atoms with E-state index >= 15 is 0 Å². The van der Waals surface area contributed by atoms with E-state index in [1.165, 1.54) is 13.4 Å². The normalized spacial score (nSPS) is 11.3. The number of aromatic hydroxyl groups is 1. The molecule has 0 radical (unpaired) electrons. The summed E-state index contributed by atoms with van der Waals surface area (Å²) in [5.41, 5.74) is 3.61. The summed E-state index contributed by atoms with van der Waals surface area (Å²) < 4.78 is 7.29. The van der Waals surface area contributed by atoms with Crippen LogP contribution in [0.5, 0.6) is 5.88 Å². The van der Waals surface area contributed by atoms with Crippen LogP contribution >= 0.6 is 15.9 Å². The van der Waals surface area contributed by atoms with E-state index in [1.54, 1.807) is 17.6 Å². The van der Waals surface area contributed by atoms with Crippen LogP contribution in [0.4, 0.5) is 0 Å². The molecule has 4 aromatic rings. The van der Waals surface area contributed by atoms with Crippen LogP contribution in [-0.2, 0) is 4.74 Å². The van der Waals surface area contributed by atoms with Crippen LogP contribution in [0.2, 0.25) is 0 Å². The number of hydrogen-bond donors (Lipinski definition) is 2. The lowest BCUT2D eigenvalue weighted by Crippen LogP contribution is -2.00. The zero-order valence-electron chi connectivity index (χ0n) is 13.4. The number of carbonyl (C=O) groups excluding carboxylic acids is 1. The number of aromatic amines is 1. The van der Waals surface area contributed by atoms with Crippen molar-refractivity contribution in [2.75, 3.05) is 7.11 Å². The minimum atomic E-state index is -0.443. The van der Waals surface area contributed by atoms with E-state index in [0.717, 1.165) is 15.4 Å². The van der Waals surface area contributed by atoms with Gasteiger partial charge in [0.05, 0.1) is 29.3 Å². The fraction of sp³-hybridized carbons (Fsp3) is 0.118. The zero-order chi connectivity index (χ0) is 17.7. The van der Waals surface area contributed by atoms with Crippen LogP contribution < -0.4 is 0 Å². The Hall–Kier alpha value is -2.87. The monoisotopic (exact) mass is 400 g/mol. The largest absolute Gasteiger partial charge is 0.494 e. The number of benzene rings is 1. The fourth-order valence-electron chi connectivity index (χ4n) is 3.05. The van der Waals surface area contributed by atoms with Crippen molar-refractivity contribution >= 4 is 38.3 Å². The number of nitrogens with zero attached hydrogens (tertiary/aromatic N) is 3. The predicted molar refractivity (Wildman–Crippen MR) is 95.7 cm³/mol. The number of ether oxygens (including phenoxy) is 1. The lowest BCUT2D eigenvalue weighted by Gasteiger charge is -2.04. The van der Waals surface area contributed by atoms with Gasteiger partial charge in [-0.15, -0.1) is 0 Å². The standard InChI is InChI=1S/C17H13BrN4O3/c1-8-11(17(24)25-2)6-22-15(8)14(19-7-20-22)13-10-4-3-9(18)5-12(10)21-16(13)23/h3-7,21,23H,1-2H3. The van der Waals surface area contributed by atoms with Crippen molar-refractivity contribution in [2.45, 2.75) is 6.92 Å². The molecule has 0 saturated carbocycles. The fourth-order valence-corrected chi connectivity index (χ4v) is 3.42. The molecule has 0 fully saturated rings. The molecule has 0 unspecified atom stereocenters. The number of fused-ring (bicyclic) bond motifs is 2. The summed E-state index contributed by atoms with van der Waals surface area (Å²) in [5, 5.41) is 15.5. The average molecular weight is 401 g/mol. The van der Waals surface area contributed by atoms with Crippen LogP contribution in [-0.4, -0.2) is 37.8 Å². The second kappa shape index (κ2) is 5.59. The molecule has 0 aliphatic rings. The first kappa shape index (κ1) is 15.6. The summed E-state index contributed by atoms with van der Waals surface area (Å²) in [6.45, 7) is 1.80. The van der Waals surface area contributed by atoms with Crippen LogP contribution in [0.15, 0.2) is 35.2 Å². The molecular formula is C17H13BrN4O3. The van der Waals surface area contributed by atoms with E-state index in [0.29, 0.717) is 27.9 Å². The number of aryl methyl sites for hydroxylation is 1. The van der Waals surface area contributed by atoms with Crippen LogP contribution in [0.3, 0.4) is 0 Å². The smallest absolute Gasteiger partial charge is 0.339 e. The summed E-state index contributed by atoms with van der Waals surface area (Å²) in [4.78, 5) is 19.3. The molecule has 2 N–H and O–H groups in total. The highest BCUT2D eigenvalue weighted by Gasteiger charge is 2.22. The summed E-state index contributed by atoms with van der Waals surface area (Å²) in [6, 6.07) is 5.66. The van der Waals surface area contributed by atoms with Gasteiger partial charge in [-0.25, -0.2) is 14.3 Å². The molecule has 0 amide bonds. The van der Waals surface area contributed by atoms with E-state index in [9.17, 15) is 9.90 Å². The quantitative estimate of drug-likeness (QED) is 0.502. The molecule has 126 valence electrons. The maximum atomic E-state index is 12.0. The topological polar surface area (TPSA) is 92.5 Å². The highest BCUT2D eigenvalue weighted by Crippen LogP contribution is 2.39. The van der Waals surface area contributed by atoms with Gasteiger partial charge >= 0.3 is 5.97 Å². The molecule has 0 saturated heterocycles. The minimum Gasteiger partial charge on any atom is -0.494 e. The second-order valence-corrected chi connectivity index (χ2v) is 6.52. The molecule has 0 aliphatic carbocycles. The number of methoxy groups -OCH3 is 1. The summed E-state index contributed by atoms with van der Waals surface area (Å²) in [5.74, 6) is -0.435. The predicted octanol–water partition coefficient (Wildman–Crippen LogP) is 3.44. The first-order chi connectivity index (χ1) is 12.0. The molecule has 0 atom stereocenters. The van der Waals surface area contributed by atoms with Gasteiger partial charge < -0.3 is 14.8 Å². The lowest BCUT2D eigenvalue weighted by molar-refractivity contribution is 0.0600. The molecule has 0 aliphatic heterocycles. The van der Waals surface area contributed by atoms with E-state index in [2.05, 4.69) is 31.0 Å². The van der Waals surface area contributed by atoms with E-state index < -0.39 is 5.97 Å². The third kappa shape index (κ3) is 2.29. The molecule has 4 rings (SSSR count). The van der Waals surface area contributed by atoms with Crippen molar-refractivity contribution in [2.24, 2.45) is 0 Å². The number of rotatable bonds is 2. The van der Waals surface area contributed by atoms with Crippen LogP contribution in [0.1, 0.15) is 15.9 Å². The number of esters is 1. The molecule has 25 heavy (non-hydrogen) atoms. The minimum absolute atomic E-state index is 0.00826. The second-order valence-electron chi connectivity index (χ2n) is 5.60. The van der Waals surface area contributed by atoms with Crippen molar-refractivity contribution in [3.63, 3.8) is 0 Å². The van der Waals surface area contributed by atoms with Gasteiger partial charge in [-0.3, -0.25) is 0 Å². The highest BCUT2D eigenvalue weighted by molar-refractivity contribution is 9.10. The molecule has 3 heterocycles. The SMILES string of the molecule is COC(=O)c1cn2ncnc(-c3c(O)[nH]c4cc(Br)ccc34)c2c1C. The molecule has 0 spiro atoms. The van der Waals surface area contributed by atoms with Gasteiger partial charge in [-0.1, -0.05) is 22.0 Å². The Morgan fingerprint density at radius 3 is 2.96 bits per heavy atom. The van der Waals surface area contributed by atoms with Gasteiger partial charge in [0.2, 0.25) is 0 Å². The Labute approximate surface area is 150 Å². The van der Waals surface area contributed by atoms with Crippen LogP contribution in [0, 0.1) is 6.92 Å². The Bertz CT molecular complexity index is 1150. The molecule has 8 heteroatoms. The number of hydrogen-bond acceptors (Lipinski definition) is 5. The van der Waals surface area contributed by atoms with Gasteiger partial charge in [0.15, 0.2) is 5.88 Å². The maximum Gasteiger partial charge on any atom is 0.339 e. The first-order valence-corrected chi connectivity index (χ1v) is 8.22. The Morgan fingerprint density at radius 1 is 1.40 bits per heavy atom. The number of H-pyrrole nitrogens is 1. The Balaban J connectivity index is 2.07. The van der Waals surface area contributed by atoms with Gasteiger partial charge in [0.25, 0.3) is 0 Å². The van der Waals surface area contributed by atoms with Gasteiger partial charge in [-0.05, 0) is 24.6 Å². The maximum absolute atomic E-state index is 12.0. The van der Waals surface area contributed by atoms with E-state index in [4.69, 9.17) is 4.74 Å². The Kier molecular flexibility index (Phi) is 3.50. The van der Waals surface area contributed by atoms with Gasteiger partial charge in [0.1, 0.15) is 12.0 Å². The van der Waals surface area contributed by atoms with E-state index in [-0.39, 0.29) is 5.88 Å². The molecule has 1 aromatic carbocycles. The first-order valence-electron chi connectivity index (χ1n) is 7.43. The van der Waals surface area contributed by atoms with Gasteiger partial charge in [0, 0.05) is 16.1 Å². The number of aromatic nitrogens is 4.